The standard InChI is InChI=1S/C21H33N3O3.ClH/c1-15(2)21(16-7-8-18-19(12-16)27-11-5-10-26-18)23-20(25)14-24-9-4-6-17(13-24)22-3;/h7-8,12,15,17,21-22H,4-6,9-11,13-14H2,1-3H3,(H,23,25);1H. The van der Waals surface area contributed by atoms with Crippen molar-refractivity contribution in [1.29, 1.82) is 0 Å². The molecule has 2 aliphatic rings. The molecule has 2 N–H and O–H groups in total. The first-order valence-corrected chi connectivity index (χ1v) is 10.2. The highest BCUT2D eigenvalue weighted by Gasteiger charge is 2.24. The summed E-state index contributed by atoms with van der Waals surface area (Å²) < 4.78 is 11.5. The maximum absolute atomic E-state index is 12.7. The molecular formula is C21H34ClN3O3. The summed E-state index contributed by atoms with van der Waals surface area (Å²) in [7, 11) is 1.99. The molecule has 1 amide bonds. The first-order chi connectivity index (χ1) is 13.1. The van der Waals surface area contributed by atoms with Gasteiger partial charge in [-0.05, 0) is 50.0 Å². The largest absolute Gasteiger partial charge is 0.490 e. The van der Waals surface area contributed by atoms with Crippen LogP contribution in [0.2, 0.25) is 0 Å². The highest BCUT2D eigenvalue weighted by molar-refractivity contribution is 5.85. The van der Waals surface area contributed by atoms with Crippen LogP contribution in [-0.4, -0.2) is 56.7 Å². The smallest absolute Gasteiger partial charge is 0.234 e. The zero-order chi connectivity index (χ0) is 19.2. The fourth-order valence-electron chi connectivity index (χ4n) is 3.87. The van der Waals surface area contributed by atoms with E-state index < -0.39 is 0 Å². The number of benzene rings is 1. The molecular weight excluding hydrogens is 378 g/mol. The van der Waals surface area contributed by atoms with Gasteiger partial charge in [0.15, 0.2) is 11.5 Å². The summed E-state index contributed by atoms with van der Waals surface area (Å²) in [4.78, 5) is 15.0. The van der Waals surface area contributed by atoms with Crippen LogP contribution in [0.4, 0.5) is 0 Å². The molecule has 0 aromatic heterocycles. The number of carbonyl (C=O) groups excluding carboxylic acids is 1. The molecule has 7 heteroatoms. The average molecular weight is 412 g/mol. The van der Waals surface area contributed by atoms with E-state index in [1.165, 1.54) is 6.42 Å². The van der Waals surface area contributed by atoms with E-state index in [4.69, 9.17) is 9.47 Å². The Morgan fingerprint density at radius 2 is 1.96 bits per heavy atom. The van der Waals surface area contributed by atoms with E-state index >= 15 is 0 Å². The van der Waals surface area contributed by atoms with Crippen molar-refractivity contribution in [2.45, 2.75) is 45.2 Å². The van der Waals surface area contributed by atoms with Gasteiger partial charge in [-0.3, -0.25) is 9.69 Å². The lowest BCUT2D eigenvalue weighted by atomic mass is 9.95. The first-order valence-electron chi connectivity index (χ1n) is 10.2. The number of fused-ring (bicyclic) bond motifs is 1. The van der Waals surface area contributed by atoms with Crippen LogP contribution >= 0.6 is 12.4 Å². The summed E-state index contributed by atoms with van der Waals surface area (Å²) in [5.74, 6) is 1.93. The molecule has 0 saturated carbocycles. The van der Waals surface area contributed by atoms with Gasteiger partial charge in [0, 0.05) is 19.0 Å². The number of hydrogen-bond acceptors (Lipinski definition) is 5. The zero-order valence-electron chi connectivity index (χ0n) is 17.2. The molecule has 1 aromatic carbocycles. The predicted octanol–water partition coefficient (Wildman–Crippen LogP) is 2.77. The second-order valence-corrected chi connectivity index (χ2v) is 7.91. The number of nitrogens with one attached hydrogen (secondary N) is 2. The molecule has 158 valence electrons. The fourth-order valence-corrected chi connectivity index (χ4v) is 3.87. The van der Waals surface area contributed by atoms with Crippen LogP contribution in [0.5, 0.6) is 11.5 Å². The van der Waals surface area contributed by atoms with Gasteiger partial charge in [0.25, 0.3) is 0 Å². The predicted molar refractivity (Wildman–Crippen MR) is 114 cm³/mol. The SMILES string of the molecule is CNC1CCCN(CC(=O)NC(c2ccc3c(c2)OCCCO3)C(C)C)C1.Cl. The maximum atomic E-state index is 12.7. The van der Waals surface area contributed by atoms with Crippen LogP contribution in [0, 0.1) is 5.92 Å². The first kappa shape index (κ1) is 22.8. The average Bonchev–Trinajstić information content (AvgIpc) is 2.90. The molecule has 28 heavy (non-hydrogen) atoms. The third-order valence-corrected chi connectivity index (χ3v) is 5.39. The number of likely N-dealkylation sites (tertiary alicyclic amines) is 1. The number of carbonyl (C=O) groups is 1. The topological polar surface area (TPSA) is 62.8 Å². The molecule has 1 saturated heterocycles. The number of piperidine rings is 1. The number of hydrogen-bond donors (Lipinski definition) is 2. The normalized spacial score (nSPS) is 20.8. The Morgan fingerprint density at radius 1 is 1.21 bits per heavy atom. The van der Waals surface area contributed by atoms with Gasteiger partial charge in [0.05, 0.1) is 25.8 Å². The lowest BCUT2D eigenvalue weighted by Gasteiger charge is -2.32. The third kappa shape index (κ3) is 6.00. The summed E-state index contributed by atoms with van der Waals surface area (Å²) in [5, 5.41) is 6.56. The number of ether oxygens (including phenoxy) is 2. The maximum Gasteiger partial charge on any atom is 0.234 e. The Labute approximate surface area is 174 Å². The van der Waals surface area contributed by atoms with E-state index in [-0.39, 0.29) is 30.3 Å². The molecule has 0 aliphatic carbocycles. The van der Waals surface area contributed by atoms with Crippen molar-refractivity contribution in [2.24, 2.45) is 5.92 Å². The molecule has 2 aliphatic heterocycles. The minimum absolute atomic E-state index is 0. The molecule has 1 aromatic rings. The highest BCUT2D eigenvalue weighted by Crippen LogP contribution is 2.34. The van der Waals surface area contributed by atoms with Crippen LogP contribution in [0.25, 0.3) is 0 Å². The number of halogens is 1. The molecule has 6 nitrogen and oxygen atoms in total. The molecule has 1 fully saturated rings. The van der Waals surface area contributed by atoms with Crippen molar-refractivity contribution < 1.29 is 14.3 Å². The lowest BCUT2D eigenvalue weighted by Crippen LogP contribution is -2.48. The molecule has 0 radical (unpaired) electrons. The van der Waals surface area contributed by atoms with Crippen molar-refractivity contribution in [3.63, 3.8) is 0 Å². The molecule has 0 spiro atoms. The molecule has 3 rings (SSSR count). The van der Waals surface area contributed by atoms with Gasteiger partial charge in [-0.15, -0.1) is 12.4 Å². The Morgan fingerprint density at radius 3 is 2.68 bits per heavy atom. The van der Waals surface area contributed by atoms with Gasteiger partial charge >= 0.3 is 0 Å². The van der Waals surface area contributed by atoms with E-state index in [1.54, 1.807) is 0 Å². The van der Waals surface area contributed by atoms with E-state index in [0.29, 0.717) is 25.8 Å². The monoisotopic (exact) mass is 411 g/mol. The van der Waals surface area contributed by atoms with Crippen molar-refractivity contribution in [1.82, 2.24) is 15.5 Å². The molecule has 2 unspecified atom stereocenters. The van der Waals surface area contributed by atoms with Gasteiger partial charge < -0.3 is 20.1 Å². The second kappa shape index (κ2) is 10.9. The summed E-state index contributed by atoms with van der Waals surface area (Å²) in [6.07, 6.45) is 3.20. The van der Waals surface area contributed by atoms with Crippen molar-refractivity contribution in [3.8, 4) is 11.5 Å². The Hall–Kier alpha value is -1.50. The lowest BCUT2D eigenvalue weighted by molar-refractivity contribution is -0.123. The summed E-state index contributed by atoms with van der Waals surface area (Å²) in [6.45, 7) is 7.98. The number of rotatable bonds is 6. The Bertz CT molecular complexity index is 641. The Kier molecular flexibility index (Phi) is 8.86. The van der Waals surface area contributed by atoms with Crippen molar-refractivity contribution in [2.75, 3.05) is 39.9 Å². The molecule has 2 heterocycles. The second-order valence-electron chi connectivity index (χ2n) is 7.91. The van der Waals surface area contributed by atoms with Crippen molar-refractivity contribution >= 4 is 18.3 Å². The van der Waals surface area contributed by atoms with Crippen molar-refractivity contribution in [3.05, 3.63) is 23.8 Å². The van der Waals surface area contributed by atoms with Gasteiger partial charge in [-0.2, -0.15) is 0 Å². The van der Waals surface area contributed by atoms with E-state index in [2.05, 4.69) is 29.4 Å². The number of amides is 1. The third-order valence-electron chi connectivity index (χ3n) is 5.39. The van der Waals surface area contributed by atoms with E-state index in [1.807, 2.05) is 25.2 Å². The molecule has 0 bridgehead atoms. The van der Waals surface area contributed by atoms with Crippen LogP contribution in [0.1, 0.15) is 44.7 Å². The van der Waals surface area contributed by atoms with Gasteiger partial charge in [0.2, 0.25) is 5.91 Å². The zero-order valence-corrected chi connectivity index (χ0v) is 18.0. The van der Waals surface area contributed by atoms with Crippen LogP contribution in [-0.2, 0) is 4.79 Å². The quantitative estimate of drug-likeness (QED) is 0.753. The minimum Gasteiger partial charge on any atom is -0.490 e. The molecule has 2 atom stereocenters. The van der Waals surface area contributed by atoms with E-state index in [9.17, 15) is 4.79 Å². The van der Waals surface area contributed by atoms with Gasteiger partial charge in [-0.1, -0.05) is 19.9 Å². The minimum atomic E-state index is -0.0421. The summed E-state index contributed by atoms with van der Waals surface area (Å²) >= 11 is 0. The van der Waals surface area contributed by atoms with Crippen LogP contribution in [0.15, 0.2) is 18.2 Å². The number of likely N-dealkylation sites (N-methyl/N-ethyl adjacent to an activating group) is 1. The Balaban J connectivity index is 0.00000280. The fraction of sp³-hybridized carbons (Fsp3) is 0.667. The summed E-state index contributed by atoms with van der Waals surface area (Å²) in [5.41, 5.74) is 1.06. The summed E-state index contributed by atoms with van der Waals surface area (Å²) in [6, 6.07) is 6.45. The van der Waals surface area contributed by atoms with E-state index in [0.717, 1.165) is 43.0 Å². The highest BCUT2D eigenvalue weighted by atomic mass is 35.5. The van der Waals surface area contributed by atoms with Crippen LogP contribution in [0.3, 0.4) is 0 Å². The van der Waals surface area contributed by atoms with Gasteiger partial charge in [-0.25, -0.2) is 0 Å². The van der Waals surface area contributed by atoms with Gasteiger partial charge in [0.1, 0.15) is 0 Å². The van der Waals surface area contributed by atoms with Crippen LogP contribution < -0.4 is 20.1 Å². The number of nitrogens with zero attached hydrogens (tertiary/aromatic N) is 1.